The highest BCUT2D eigenvalue weighted by molar-refractivity contribution is 6.70. The standard InChI is InChI=1S/C42H68O2Si2/c1-39(2)29-17-15-16-18-30-40(3,4)34-21-25-36(26-22-34)42(7,8)32-28-38(44-46(12,13)14)37(43-45(9,10)11)27-31-41(5,6)35-23-19-33(39)20-24-35/h19-28H,15-18,29-32H2,1-14H3/b37-27-,38-28-. The van der Waals surface area contributed by atoms with E-state index in [2.05, 4.69) is 155 Å². The van der Waals surface area contributed by atoms with Crippen molar-refractivity contribution in [2.24, 2.45) is 0 Å². The normalized spacial score (nSPS) is 23.3. The molecule has 0 radical (unpaired) electrons. The average Bonchev–Trinajstić information content (AvgIpc) is 2.94. The summed E-state index contributed by atoms with van der Waals surface area (Å²) in [6.07, 6.45) is 14.0. The van der Waals surface area contributed by atoms with Gasteiger partial charge >= 0.3 is 0 Å². The molecule has 0 heterocycles. The summed E-state index contributed by atoms with van der Waals surface area (Å²) in [5, 5.41) is 0. The molecule has 46 heavy (non-hydrogen) atoms. The Balaban J connectivity index is 2.10. The molecule has 0 atom stereocenters. The Morgan fingerprint density at radius 2 is 0.674 bits per heavy atom. The van der Waals surface area contributed by atoms with Crippen molar-refractivity contribution < 1.29 is 8.85 Å². The van der Waals surface area contributed by atoms with Crippen molar-refractivity contribution in [2.45, 2.75) is 168 Å². The van der Waals surface area contributed by atoms with E-state index in [-0.39, 0.29) is 21.7 Å². The highest BCUT2D eigenvalue weighted by Gasteiger charge is 2.29. The molecule has 0 N–H and O–H groups in total. The molecular weight excluding hydrogens is 593 g/mol. The largest absolute Gasteiger partial charge is 0.542 e. The molecule has 6 rings (SSSR count). The molecule has 256 valence electrons. The lowest BCUT2D eigenvalue weighted by Crippen LogP contribution is -2.30. The van der Waals surface area contributed by atoms with Crippen molar-refractivity contribution in [1.29, 1.82) is 0 Å². The minimum absolute atomic E-state index is 0.0381. The van der Waals surface area contributed by atoms with Gasteiger partial charge in [-0.25, -0.2) is 0 Å². The SMILES string of the molecule is CC1(C)C/C=C(O[Si](C)(C)C)/C(O[Si](C)(C)C)=C/CC(C)(C)c2ccc(cc2)C(C)(C)CCCCCCC(C)(C)c2ccc1cc2. The fourth-order valence-electron chi connectivity index (χ4n) is 6.50. The molecule has 0 aromatic heterocycles. The topological polar surface area (TPSA) is 18.5 Å². The van der Waals surface area contributed by atoms with Crippen LogP contribution in [-0.4, -0.2) is 16.6 Å². The highest BCUT2D eigenvalue weighted by Crippen LogP contribution is 2.37. The zero-order valence-corrected chi connectivity index (χ0v) is 34.2. The molecule has 4 bridgehead atoms. The van der Waals surface area contributed by atoms with E-state index in [0.717, 1.165) is 24.4 Å². The molecule has 2 aromatic carbocycles. The summed E-state index contributed by atoms with van der Waals surface area (Å²) in [4.78, 5) is 0. The molecule has 0 saturated heterocycles. The maximum absolute atomic E-state index is 6.85. The van der Waals surface area contributed by atoms with Crippen LogP contribution in [0.2, 0.25) is 39.3 Å². The monoisotopic (exact) mass is 660 g/mol. The number of rotatable bonds is 4. The summed E-state index contributed by atoms with van der Waals surface area (Å²) >= 11 is 0. The van der Waals surface area contributed by atoms with Gasteiger partial charge in [-0.15, -0.1) is 0 Å². The first-order chi connectivity index (χ1) is 21.0. The second-order valence-corrected chi connectivity index (χ2v) is 27.4. The lowest BCUT2D eigenvalue weighted by Gasteiger charge is -2.32. The second-order valence-electron chi connectivity index (χ2n) is 18.6. The van der Waals surface area contributed by atoms with Gasteiger partial charge in [-0.2, -0.15) is 0 Å². The molecule has 0 unspecified atom stereocenters. The van der Waals surface area contributed by atoms with E-state index in [1.807, 2.05) is 0 Å². The summed E-state index contributed by atoms with van der Waals surface area (Å²) in [5.41, 5.74) is 5.91. The Bertz CT molecular complexity index is 1220. The summed E-state index contributed by atoms with van der Waals surface area (Å²) < 4.78 is 13.7. The summed E-state index contributed by atoms with van der Waals surface area (Å²) in [5.74, 6) is 1.85. The first kappa shape index (κ1) is 38.4. The summed E-state index contributed by atoms with van der Waals surface area (Å²) in [6.45, 7) is 32.7. The van der Waals surface area contributed by atoms with Crippen molar-refractivity contribution in [3.05, 3.63) is 94.5 Å². The first-order valence-electron chi connectivity index (χ1n) is 18.0. The molecular formula is C42H68O2Si2. The van der Waals surface area contributed by atoms with Gasteiger partial charge in [0.05, 0.1) is 0 Å². The number of hydrogen-bond acceptors (Lipinski definition) is 2. The summed E-state index contributed by atoms with van der Waals surface area (Å²) in [6, 6.07) is 19.0. The number of benzene rings is 2. The van der Waals surface area contributed by atoms with Crippen LogP contribution < -0.4 is 0 Å². The lowest BCUT2D eigenvalue weighted by molar-refractivity contribution is 0.334. The fraction of sp³-hybridized carbons (Fsp3) is 0.619. The number of allylic oxidation sites excluding steroid dienone is 2. The van der Waals surface area contributed by atoms with Crippen molar-refractivity contribution in [3.63, 3.8) is 0 Å². The quantitative estimate of drug-likeness (QED) is 0.304. The zero-order valence-electron chi connectivity index (χ0n) is 32.2. The van der Waals surface area contributed by atoms with Crippen molar-refractivity contribution >= 4 is 16.6 Å². The van der Waals surface area contributed by atoms with Crippen molar-refractivity contribution in [1.82, 2.24) is 0 Å². The van der Waals surface area contributed by atoms with Crippen LogP contribution in [0.4, 0.5) is 0 Å². The lowest BCUT2D eigenvalue weighted by atomic mass is 9.76. The van der Waals surface area contributed by atoms with Crippen LogP contribution in [0.1, 0.15) is 129 Å². The van der Waals surface area contributed by atoms with Crippen LogP contribution >= 0.6 is 0 Å². The van der Waals surface area contributed by atoms with Crippen LogP contribution in [0, 0.1) is 0 Å². The van der Waals surface area contributed by atoms with E-state index >= 15 is 0 Å². The summed E-state index contributed by atoms with van der Waals surface area (Å²) in [7, 11) is -3.82. The molecule has 0 saturated carbocycles. The maximum atomic E-state index is 6.85. The van der Waals surface area contributed by atoms with Gasteiger partial charge in [0.25, 0.3) is 0 Å². The van der Waals surface area contributed by atoms with Crippen molar-refractivity contribution in [3.8, 4) is 0 Å². The van der Waals surface area contributed by atoms with Gasteiger partial charge in [0.1, 0.15) is 11.5 Å². The van der Waals surface area contributed by atoms with Gasteiger partial charge in [0, 0.05) is 0 Å². The molecule has 0 amide bonds. The zero-order chi connectivity index (χ0) is 34.6. The van der Waals surface area contributed by atoms with Gasteiger partial charge in [-0.05, 0) is 121 Å². The van der Waals surface area contributed by atoms with E-state index in [1.54, 1.807) is 0 Å². The van der Waals surface area contributed by atoms with Gasteiger partial charge in [-0.3, -0.25) is 0 Å². The second kappa shape index (κ2) is 14.6. The van der Waals surface area contributed by atoms with Crippen LogP contribution in [-0.2, 0) is 30.5 Å². The first-order valence-corrected chi connectivity index (χ1v) is 24.8. The van der Waals surface area contributed by atoms with E-state index < -0.39 is 16.6 Å². The molecule has 2 aromatic rings. The third kappa shape index (κ3) is 11.3. The predicted octanol–water partition coefficient (Wildman–Crippen LogP) is 13.1. The predicted molar refractivity (Wildman–Crippen MR) is 207 cm³/mol. The Morgan fingerprint density at radius 1 is 0.413 bits per heavy atom. The third-order valence-corrected chi connectivity index (χ3v) is 11.6. The molecule has 0 fully saturated rings. The van der Waals surface area contributed by atoms with Crippen LogP contribution in [0.15, 0.2) is 72.2 Å². The average molecular weight is 661 g/mol. The van der Waals surface area contributed by atoms with Gasteiger partial charge in [-0.1, -0.05) is 130 Å². The van der Waals surface area contributed by atoms with Gasteiger partial charge in [0.15, 0.2) is 0 Å². The Kier molecular flexibility index (Phi) is 12.2. The van der Waals surface area contributed by atoms with E-state index in [4.69, 9.17) is 8.85 Å². The highest BCUT2D eigenvalue weighted by atomic mass is 28.4. The smallest absolute Gasteiger partial charge is 0.242 e. The van der Waals surface area contributed by atoms with Gasteiger partial charge < -0.3 is 8.85 Å². The Labute approximate surface area is 286 Å². The third-order valence-electron chi connectivity index (χ3n) is 9.92. The Hall–Kier alpha value is -2.05. The van der Waals surface area contributed by atoms with Crippen molar-refractivity contribution in [2.75, 3.05) is 0 Å². The molecule has 0 aliphatic heterocycles. The minimum Gasteiger partial charge on any atom is -0.542 e. The minimum atomic E-state index is -1.91. The maximum Gasteiger partial charge on any atom is 0.242 e. The van der Waals surface area contributed by atoms with E-state index in [0.29, 0.717) is 0 Å². The number of hydrogen-bond donors (Lipinski definition) is 0. The van der Waals surface area contributed by atoms with E-state index in [1.165, 1.54) is 60.8 Å². The van der Waals surface area contributed by atoms with Gasteiger partial charge in [0.2, 0.25) is 16.6 Å². The Morgan fingerprint density at radius 3 is 0.935 bits per heavy atom. The molecule has 4 aliphatic rings. The molecule has 4 aliphatic carbocycles. The van der Waals surface area contributed by atoms with E-state index in [9.17, 15) is 0 Å². The van der Waals surface area contributed by atoms with Crippen LogP contribution in [0.25, 0.3) is 0 Å². The molecule has 4 heteroatoms. The molecule has 2 nitrogen and oxygen atoms in total. The molecule has 0 spiro atoms. The van der Waals surface area contributed by atoms with Crippen LogP contribution in [0.3, 0.4) is 0 Å². The fourth-order valence-corrected chi connectivity index (χ4v) is 8.18. The van der Waals surface area contributed by atoms with Crippen LogP contribution in [0.5, 0.6) is 0 Å².